The van der Waals surface area contributed by atoms with Gasteiger partial charge >= 0.3 is 0 Å². The number of anilines is 1. The minimum atomic E-state index is -0.176. The number of aromatic amines is 1. The van der Waals surface area contributed by atoms with E-state index < -0.39 is 0 Å². The lowest BCUT2D eigenvalue weighted by Crippen LogP contribution is -2.21. The molecule has 4 heteroatoms. The van der Waals surface area contributed by atoms with Crippen LogP contribution in [0.3, 0.4) is 0 Å². The number of hydrogen-bond donors (Lipinski definition) is 2. The summed E-state index contributed by atoms with van der Waals surface area (Å²) in [4.78, 5) is 10.8. The van der Waals surface area contributed by atoms with Gasteiger partial charge in [-0.3, -0.25) is 0 Å². The van der Waals surface area contributed by atoms with E-state index in [1.165, 1.54) is 5.69 Å². The summed E-state index contributed by atoms with van der Waals surface area (Å²) in [6.45, 7) is 21.2. The largest absolute Gasteiger partial charge is 0.507 e. The first-order chi connectivity index (χ1) is 14.9. The fourth-order valence-electron chi connectivity index (χ4n) is 4.21. The Hall–Kier alpha value is -2.75. The van der Waals surface area contributed by atoms with Gasteiger partial charge in [0, 0.05) is 46.7 Å². The number of imidazole rings is 1. The molecule has 0 saturated heterocycles. The molecule has 172 valence electrons. The number of phenolic OH excluding ortho intramolecular Hbond substituents is 1. The smallest absolute Gasteiger partial charge is 0.138 e. The van der Waals surface area contributed by atoms with Crippen LogP contribution in [0.15, 0.2) is 36.4 Å². The maximum atomic E-state index is 11.0. The van der Waals surface area contributed by atoms with Crippen molar-refractivity contribution in [2.24, 2.45) is 0 Å². The Balaban J connectivity index is 2.09. The summed E-state index contributed by atoms with van der Waals surface area (Å²) in [6.07, 6.45) is 0. The lowest BCUT2D eigenvalue weighted by molar-refractivity contribution is 0.423. The number of aryl methyl sites for hydroxylation is 1. The number of hydrogen-bond acceptors (Lipinski definition) is 3. The second kappa shape index (κ2) is 8.65. The maximum Gasteiger partial charge on any atom is 0.138 e. The third-order valence-corrected chi connectivity index (χ3v) is 6.15. The number of H-pyrrole nitrogens is 1. The molecule has 4 nitrogen and oxygen atoms in total. The van der Waals surface area contributed by atoms with Gasteiger partial charge in [0.1, 0.15) is 11.6 Å². The van der Waals surface area contributed by atoms with E-state index in [4.69, 9.17) is 4.98 Å². The van der Waals surface area contributed by atoms with Crippen LogP contribution >= 0.6 is 0 Å². The Morgan fingerprint density at radius 2 is 1.34 bits per heavy atom. The summed E-state index contributed by atoms with van der Waals surface area (Å²) in [7, 11) is 0. The minimum absolute atomic E-state index is 0.176. The van der Waals surface area contributed by atoms with E-state index in [9.17, 15) is 5.11 Å². The molecule has 32 heavy (non-hydrogen) atoms. The second-order valence-electron chi connectivity index (χ2n) is 10.7. The minimum Gasteiger partial charge on any atom is -0.507 e. The third-order valence-electron chi connectivity index (χ3n) is 6.15. The van der Waals surface area contributed by atoms with Gasteiger partial charge in [-0.1, -0.05) is 53.7 Å². The summed E-state index contributed by atoms with van der Waals surface area (Å²) in [5.41, 5.74) is 6.88. The predicted molar refractivity (Wildman–Crippen MR) is 137 cm³/mol. The molecule has 0 aliphatic heterocycles. The van der Waals surface area contributed by atoms with Crippen molar-refractivity contribution < 1.29 is 5.11 Å². The van der Waals surface area contributed by atoms with E-state index in [0.29, 0.717) is 5.75 Å². The molecule has 2 aromatic carbocycles. The standard InChI is InChI=1S/C28H39N3O/c1-10-31(11-2)21-14-12-19(13-15-21)24-18(3)29-26(30-24)20-16-22(27(4,5)6)25(32)23(17-20)28(7,8)9/h12-17,32H,10-11H2,1-9H3,(H,29,30). The van der Waals surface area contributed by atoms with Crippen LogP contribution in [0.4, 0.5) is 5.69 Å². The molecule has 2 N–H and O–H groups in total. The van der Waals surface area contributed by atoms with Crippen LogP contribution in [-0.4, -0.2) is 28.2 Å². The zero-order chi connectivity index (χ0) is 23.8. The highest BCUT2D eigenvalue weighted by Gasteiger charge is 2.27. The highest BCUT2D eigenvalue weighted by molar-refractivity contribution is 5.71. The average molecular weight is 434 g/mol. The number of aromatic hydroxyl groups is 1. The van der Waals surface area contributed by atoms with Gasteiger partial charge < -0.3 is 15.0 Å². The van der Waals surface area contributed by atoms with E-state index in [1.54, 1.807) is 0 Å². The molecule has 0 saturated carbocycles. The van der Waals surface area contributed by atoms with Crippen LogP contribution in [-0.2, 0) is 10.8 Å². The van der Waals surface area contributed by atoms with Gasteiger partial charge in [-0.25, -0.2) is 4.98 Å². The van der Waals surface area contributed by atoms with E-state index in [2.05, 4.69) is 109 Å². The molecule has 0 fully saturated rings. The van der Waals surface area contributed by atoms with Crippen LogP contribution in [0, 0.1) is 6.92 Å². The first kappa shape index (κ1) is 23.9. The van der Waals surface area contributed by atoms with Crippen LogP contribution in [0.2, 0.25) is 0 Å². The predicted octanol–water partition coefficient (Wildman–Crippen LogP) is 7.20. The zero-order valence-corrected chi connectivity index (χ0v) is 21.2. The fourth-order valence-corrected chi connectivity index (χ4v) is 4.21. The number of nitrogens with zero attached hydrogens (tertiary/aromatic N) is 2. The van der Waals surface area contributed by atoms with Gasteiger partial charge in [-0.05, 0) is 55.9 Å². The molecule has 1 aromatic heterocycles. The molecule has 0 spiro atoms. The lowest BCUT2D eigenvalue weighted by Gasteiger charge is -2.28. The molecule has 3 rings (SSSR count). The number of rotatable bonds is 5. The average Bonchev–Trinajstić information content (AvgIpc) is 3.09. The summed E-state index contributed by atoms with van der Waals surface area (Å²) in [5.74, 6) is 1.23. The van der Waals surface area contributed by atoms with Crippen molar-refractivity contribution in [2.75, 3.05) is 18.0 Å². The van der Waals surface area contributed by atoms with Crippen molar-refractivity contribution in [1.82, 2.24) is 9.97 Å². The van der Waals surface area contributed by atoms with Gasteiger partial charge in [0.2, 0.25) is 0 Å². The monoisotopic (exact) mass is 433 g/mol. The Kier molecular flexibility index (Phi) is 6.46. The van der Waals surface area contributed by atoms with Crippen LogP contribution in [0.1, 0.15) is 72.2 Å². The van der Waals surface area contributed by atoms with E-state index >= 15 is 0 Å². The zero-order valence-electron chi connectivity index (χ0n) is 21.2. The van der Waals surface area contributed by atoms with E-state index in [-0.39, 0.29) is 10.8 Å². The highest BCUT2D eigenvalue weighted by Crippen LogP contribution is 2.42. The summed E-state index contributed by atoms with van der Waals surface area (Å²) < 4.78 is 0. The van der Waals surface area contributed by atoms with Crippen molar-refractivity contribution in [1.29, 1.82) is 0 Å². The molecule has 0 unspecified atom stereocenters. The quantitative estimate of drug-likeness (QED) is 0.447. The lowest BCUT2D eigenvalue weighted by atomic mass is 9.78. The Bertz CT molecular complexity index is 1040. The maximum absolute atomic E-state index is 11.0. The normalized spacial score (nSPS) is 12.3. The van der Waals surface area contributed by atoms with Crippen LogP contribution in [0.5, 0.6) is 5.75 Å². The Morgan fingerprint density at radius 1 is 0.844 bits per heavy atom. The molecule has 0 atom stereocenters. The van der Waals surface area contributed by atoms with Crippen molar-refractivity contribution in [3.63, 3.8) is 0 Å². The third kappa shape index (κ3) is 4.69. The number of phenols is 1. The number of nitrogens with one attached hydrogen (secondary N) is 1. The molecular weight excluding hydrogens is 394 g/mol. The molecular formula is C28H39N3O. The van der Waals surface area contributed by atoms with Crippen LogP contribution < -0.4 is 4.90 Å². The molecule has 0 aliphatic rings. The molecule has 0 radical (unpaired) electrons. The van der Waals surface area contributed by atoms with Crippen molar-refractivity contribution in [3.05, 3.63) is 53.2 Å². The highest BCUT2D eigenvalue weighted by atomic mass is 16.3. The van der Waals surface area contributed by atoms with Crippen molar-refractivity contribution in [2.45, 2.75) is 73.1 Å². The van der Waals surface area contributed by atoms with Crippen LogP contribution in [0.25, 0.3) is 22.6 Å². The number of benzene rings is 2. The summed E-state index contributed by atoms with van der Waals surface area (Å²) in [5, 5.41) is 11.0. The summed E-state index contributed by atoms with van der Waals surface area (Å²) in [6, 6.07) is 12.8. The number of aromatic nitrogens is 2. The SMILES string of the molecule is CCN(CC)c1ccc(-c2nc(-c3cc(C(C)(C)C)c(O)c(C(C)(C)C)c3)[nH]c2C)cc1. The van der Waals surface area contributed by atoms with Gasteiger partial charge in [-0.2, -0.15) is 0 Å². The molecule has 0 bridgehead atoms. The van der Waals surface area contributed by atoms with E-state index in [1.807, 2.05) is 0 Å². The Morgan fingerprint density at radius 3 is 1.78 bits per heavy atom. The Labute approximate surface area is 193 Å². The molecule has 1 heterocycles. The fraction of sp³-hybridized carbons (Fsp3) is 0.464. The van der Waals surface area contributed by atoms with E-state index in [0.717, 1.165) is 52.6 Å². The second-order valence-corrected chi connectivity index (χ2v) is 10.7. The molecule has 0 amide bonds. The van der Waals surface area contributed by atoms with Gasteiger partial charge in [0.25, 0.3) is 0 Å². The first-order valence-corrected chi connectivity index (χ1v) is 11.7. The molecule has 3 aromatic rings. The van der Waals surface area contributed by atoms with Gasteiger partial charge in [0.05, 0.1) is 5.69 Å². The van der Waals surface area contributed by atoms with Gasteiger partial charge in [0.15, 0.2) is 0 Å². The van der Waals surface area contributed by atoms with Crippen molar-refractivity contribution >= 4 is 5.69 Å². The van der Waals surface area contributed by atoms with Gasteiger partial charge in [-0.15, -0.1) is 0 Å². The first-order valence-electron chi connectivity index (χ1n) is 11.7. The molecule has 0 aliphatic carbocycles. The van der Waals surface area contributed by atoms with Crippen molar-refractivity contribution in [3.8, 4) is 28.4 Å². The summed E-state index contributed by atoms with van der Waals surface area (Å²) >= 11 is 0. The topological polar surface area (TPSA) is 52.1 Å².